The predicted octanol–water partition coefficient (Wildman–Crippen LogP) is 3.01. The normalized spacial score (nSPS) is 11.1. The summed E-state index contributed by atoms with van der Waals surface area (Å²) >= 11 is 2.91. The van der Waals surface area contributed by atoms with E-state index in [9.17, 15) is 9.59 Å². The lowest BCUT2D eigenvalue weighted by Crippen LogP contribution is -2.27. The fraction of sp³-hybridized carbons (Fsp3) is 0.235. The minimum Gasteiger partial charge on any atom is -0.293 e. The number of hydrogen-bond donors (Lipinski definition) is 0. The van der Waals surface area contributed by atoms with Crippen molar-refractivity contribution >= 4 is 39.1 Å². The predicted molar refractivity (Wildman–Crippen MR) is 94.6 cm³/mol. The number of Topliss-reactive ketones (excluding diaryl/α,β-unsaturated/α-hetero) is 1. The zero-order chi connectivity index (χ0) is 16.6. The Morgan fingerprint density at radius 1 is 1.26 bits per heavy atom. The lowest BCUT2D eigenvalue weighted by molar-refractivity contribution is -0.404. The molecule has 0 bridgehead atoms. The highest BCUT2D eigenvalue weighted by Gasteiger charge is 2.19. The smallest absolute Gasteiger partial charge is 0.293 e. The van der Waals surface area contributed by atoms with Gasteiger partial charge in [0.25, 0.3) is 0 Å². The standard InChI is InChI=1S/C17H16N2O2S2/c1-10-4-6-12(7-5-10)14(20)9-22-17-18-15-13(8-11(2)23-15)16(21)19(17)3/h4-8H,9H2,1-3H3/p+1. The number of H-pyrrole nitrogens is 1. The molecule has 3 rings (SSSR count). The van der Waals surface area contributed by atoms with Gasteiger partial charge in [-0.3, -0.25) is 4.79 Å². The number of fused-ring (bicyclic) bond motifs is 1. The number of ketones is 1. The van der Waals surface area contributed by atoms with Gasteiger partial charge in [-0.25, -0.2) is 9.78 Å². The molecular weight excluding hydrogens is 328 g/mol. The second kappa shape index (κ2) is 6.29. The van der Waals surface area contributed by atoms with Gasteiger partial charge in [-0.1, -0.05) is 41.2 Å². The molecule has 0 unspecified atom stereocenters. The molecule has 0 amide bonds. The monoisotopic (exact) mass is 345 g/mol. The molecule has 4 nitrogen and oxygen atoms in total. The molecule has 0 fully saturated rings. The Morgan fingerprint density at radius 2 is 1.96 bits per heavy atom. The summed E-state index contributed by atoms with van der Waals surface area (Å²) in [4.78, 5) is 29.9. The molecule has 3 aromatic rings. The number of aryl methyl sites for hydroxylation is 2. The Labute approximate surface area is 142 Å². The molecule has 0 aliphatic rings. The molecule has 0 radical (unpaired) electrons. The highest BCUT2D eigenvalue weighted by molar-refractivity contribution is 7.99. The van der Waals surface area contributed by atoms with Gasteiger partial charge >= 0.3 is 10.7 Å². The van der Waals surface area contributed by atoms with Crippen molar-refractivity contribution in [2.24, 2.45) is 7.05 Å². The van der Waals surface area contributed by atoms with Crippen LogP contribution in [-0.4, -0.2) is 16.1 Å². The second-order valence-electron chi connectivity index (χ2n) is 5.47. The summed E-state index contributed by atoms with van der Waals surface area (Å²) in [6.07, 6.45) is 0. The maximum Gasteiger partial charge on any atom is 0.346 e. The summed E-state index contributed by atoms with van der Waals surface area (Å²) in [5.74, 6) is 0.348. The quantitative estimate of drug-likeness (QED) is 0.415. The molecule has 0 saturated heterocycles. The number of aromatic nitrogens is 2. The van der Waals surface area contributed by atoms with Gasteiger partial charge in [0.15, 0.2) is 10.6 Å². The van der Waals surface area contributed by atoms with E-state index in [4.69, 9.17) is 0 Å². The van der Waals surface area contributed by atoms with Gasteiger partial charge in [-0.05, 0) is 31.7 Å². The third-order valence-electron chi connectivity index (χ3n) is 3.63. The largest absolute Gasteiger partial charge is 0.346 e. The van der Waals surface area contributed by atoms with E-state index in [-0.39, 0.29) is 11.3 Å². The lowest BCUT2D eigenvalue weighted by atomic mass is 10.1. The molecule has 23 heavy (non-hydrogen) atoms. The van der Waals surface area contributed by atoms with Crippen LogP contribution in [0.25, 0.3) is 10.2 Å². The molecule has 1 N–H and O–H groups in total. The molecular formula is C17H17N2O2S2+. The molecule has 6 heteroatoms. The van der Waals surface area contributed by atoms with Crippen LogP contribution in [0, 0.1) is 13.8 Å². The minimum absolute atomic E-state index is 0.0339. The van der Waals surface area contributed by atoms with Crippen molar-refractivity contribution in [2.45, 2.75) is 19.0 Å². The van der Waals surface area contributed by atoms with Gasteiger partial charge in [0.1, 0.15) is 5.39 Å². The number of carbonyl (C=O) groups excluding carboxylic acids is 1. The van der Waals surface area contributed by atoms with Gasteiger partial charge < -0.3 is 0 Å². The van der Waals surface area contributed by atoms with Crippen molar-refractivity contribution in [3.63, 3.8) is 0 Å². The topological polar surface area (TPSA) is 53.2 Å². The Hall–Kier alpha value is -1.92. The van der Waals surface area contributed by atoms with Gasteiger partial charge in [0.05, 0.1) is 12.8 Å². The highest BCUT2D eigenvalue weighted by atomic mass is 32.2. The summed E-state index contributed by atoms with van der Waals surface area (Å²) < 4.78 is 1.57. The highest BCUT2D eigenvalue weighted by Crippen LogP contribution is 2.21. The summed E-state index contributed by atoms with van der Waals surface area (Å²) in [5.41, 5.74) is 1.79. The number of nitrogens with one attached hydrogen (secondary N) is 1. The van der Waals surface area contributed by atoms with Crippen LogP contribution >= 0.6 is 23.1 Å². The Morgan fingerprint density at radius 3 is 2.65 bits per heavy atom. The average Bonchev–Trinajstić information content (AvgIpc) is 2.90. The third-order valence-corrected chi connectivity index (χ3v) is 5.65. The van der Waals surface area contributed by atoms with Crippen LogP contribution < -0.4 is 10.5 Å². The van der Waals surface area contributed by atoms with E-state index in [0.29, 0.717) is 21.9 Å². The van der Waals surface area contributed by atoms with Crippen LogP contribution in [0.3, 0.4) is 0 Å². The first-order valence-electron chi connectivity index (χ1n) is 7.21. The van der Waals surface area contributed by atoms with Crippen LogP contribution in [-0.2, 0) is 7.05 Å². The van der Waals surface area contributed by atoms with Gasteiger partial charge in [-0.15, -0.1) is 0 Å². The van der Waals surface area contributed by atoms with Crippen molar-refractivity contribution < 1.29 is 9.78 Å². The van der Waals surface area contributed by atoms with Crippen LogP contribution in [0.4, 0.5) is 0 Å². The number of thiophene rings is 1. The maximum atomic E-state index is 12.4. The van der Waals surface area contributed by atoms with Crippen molar-refractivity contribution in [2.75, 3.05) is 5.75 Å². The second-order valence-corrected chi connectivity index (χ2v) is 7.69. The molecule has 2 heterocycles. The number of benzene rings is 1. The lowest BCUT2D eigenvalue weighted by Gasteiger charge is -2.02. The van der Waals surface area contributed by atoms with E-state index < -0.39 is 0 Å². The average molecular weight is 345 g/mol. The van der Waals surface area contributed by atoms with Crippen molar-refractivity contribution in [1.82, 2.24) is 4.57 Å². The summed E-state index contributed by atoms with van der Waals surface area (Å²) in [6, 6.07) is 9.44. The van der Waals surface area contributed by atoms with Gasteiger partial charge in [0.2, 0.25) is 0 Å². The Bertz CT molecular complexity index is 940. The maximum absolute atomic E-state index is 12.4. The third kappa shape index (κ3) is 3.23. The van der Waals surface area contributed by atoms with E-state index in [0.717, 1.165) is 15.3 Å². The van der Waals surface area contributed by atoms with Crippen LogP contribution in [0.15, 0.2) is 40.3 Å². The molecule has 1 aromatic carbocycles. The van der Waals surface area contributed by atoms with E-state index in [1.807, 2.05) is 44.2 Å². The van der Waals surface area contributed by atoms with Crippen molar-refractivity contribution in [3.8, 4) is 0 Å². The minimum atomic E-state index is -0.0339. The van der Waals surface area contributed by atoms with Crippen LogP contribution in [0.5, 0.6) is 0 Å². The zero-order valence-corrected chi connectivity index (χ0v) is 14.8. The molecule has 0 aliphatic carbocycles. The zero-order valence-electron chi connectivity index (χ0n) is 13.2. The van der Waals surface area contributed by atoms with E-state index in [1.165, 1.54) is 11.8 Å². The number of thioether (sulfide) groups is 1. The first kappa shape index (κ1) is 16.0. The molecule has 0 saturated carbocycles. The molecule has 0 aliphatic heterocycles. The summed E-state index contributed by atoms with van der Waals surface area (Å²) in [7, 11) is 1.73. The van der Waals surface area contributed by atoms with Crippen molar-refractivity contribution in [3.05, 3.63) is 56.7 Å². The Balaban J connectivity index is 1.84. The SMILES string of the molecule is Cc1ccc(C(=O)CSc2[nH+]c3sc(C)cc3c(=O)n2C)cc1. The number of hydrogen-bond acceptors (Lipinski definition) is 4. The first-order valence-corrected chi connectivity index (χ1v) is 9.01. The molecule has 118 valence electrons. The van der Waals surface area contributed by atoms with Gasteiger partial charge in [0, 0.05) is 10.4 Å². The van der Waals surface area contributed by atoms with E-state index in [1.54, 1.807) is 23.0 Å². The van der Waals surface area contributed by atoms with Crippen LogP contribution in [0.1, 0.15) is 20.8 Å². The van der Waals surface area contributed by atoms with E-state index in [2.05, 4.69) is 4.98 Å². The van der Waals surface area contributed by atoms with Gasteiger partial charge in [-0.2, -0.15) is 4.57 Å². The summed E-state index contributed by atoms with van der Waals surface area (Å²) in [5, 5.41) is 1.40. The number of nitrogens with zero attached hydrogens (tertiary/aromatic N) is 1. The fourth-order valence-corrected chi connectivity index (χ4v) is 4.16. The Kier molecular flexibility index (Phi) is 4.37. The number of aromatic amines is 1. The molecule has 2 aromatic heterocycles. The summed E-state index contributed by atoms with van der Waals surface area (Å²) in [6.45, 7) is 3.97. The first-order chi connectivity index (χ1) is 11.0. The van der Waals surface area contributed by atoms with E-state index >= 15 is 0 Å². The van der Waals surface area contributed by atoms with Crippen LogP contribution in [0.2, 0.25) is 0 Å². The molecule has 0 spiro atoms. The molecule has 0 atom stereocenters. The van der Waals surface area contributed by atoms with Crippen molar-refractivity contribution in [1.29, 1.82) is 0 Å². The fourth-order valence-electron chi connectivity index (χ4n) is 2.31. The number of carbonyl (C=O) groups is 1. The number of rotatable bonds is 4.